The van der Waals surface area contributed by atoms with Gasteiger partial charge in [0.05, 0.1) is 25.3 Å². The van der Waals surface area contributed by atoms with Crippen LogP contribution in [0, 0.1) is 0 Å². The van der Waals surface area contributed by atoms with Gasteiger partial charge in [-0.25, -0.2) is 4.79 Å². The van der Waals surface area contributed by atoms with Crippen LogP contribution in [0.3, 0.4) is 0 Å². The van der Waals surface area contributed by atoms with E-state index in [1.807, 2.05) is 56.3 Å². The van der Waals surface area contributed by atoms with Crippen LogP contribution in [-0.2, 0) is 16.0 Å². The van der Waals surface area contributed by atoms with Crippen LogP contribution in [0.25, 0.3) is 0 Å². The van der Waals surface area contributed by atoms with E-state index in [4.69, 9.17) is 14.3 Å². The van der Waals surface area contributed by atoms with Crippen molar-refractivity contribution in [1.29, 1.82) is 0 Å². The summed E-state index contributed by atoms with van der Waals surface area (Å²) in [6.07, 6.45) is 0.377. The summed E-state index contributed by atoms with van der Waals surface area (Å²) in [5, 5.41) is 4.24. The molecule has 2 aromatic rings. The van der Waals surface area contributed by atoms with E-state index in [0.717, 1.165) is 22.6 Å². The van der Waals surface area contributed by atoms with Gasteiger partial charge in [0.15, 0.2) is 0 Å². The first-order valence-electron chi connectivity index (χ1n) is 9.40. The predicted octanol–water partition coefficient (Wildman–Crippen LogP) is 3.99. The number of rotatable bonds is 5. The van der Waals surface area contributed by atoms with E-state index in [1.165, 1.54) is 0 Å². The van der Waals surface area contributed by atoms with Crippen molar-refractivity contribution in [3.05, 3.63) is 65.7 Å². The number of oxime groups is 1. The molecule has 0 radical (unpaired) electrons. The van der Waals surface area contributed by atoms with Gasteiger partial charge in [0, 0.05) is 0 Å². The summed E-state index contributed by atoms with van der Waals surface area (Å²) >= 11 is 0. The van der Waals surface area contributed by atoms with Gasteiger partial charge in [-0.3, -0.25) is 4.90 Å². The summed E-state index contributed by atoms with van der Waals surface area (Å²) in [5.41, 5.74) is 2.30. The number of nitrogens with zero attached hydrogens (tertiary/aromatic N) is 2. The Kier molecular flexibility index (Phi) is 4.71. The average molecular weight is 380 g/mol. The molecule has 0 saturated carbocycles. The number of carbonyl (C=O) groups excluding carboxylic acids is 1. The predicted molar refractivity (Wildman–Crippen MR) is 105 cm³/mol. The van der Waals surface area contributed by atoms with Crippen molar-refractivity contribution in [2.45, 2.75) is 44.6 Å². The minimum atomic E-state index is -0.612. The van der Waals surface area contributed by atoms with E-state index in [0.29, 0.717) is 12.8 Å². The van der Waals surface area contributed by atoms with Gasteiger partial charge in [0.1, 0.15) is 11.4 Å². The van der Waals surface area contributed by atoms with Crippen LogP contribution >= 0.6 is 0 Å². The van der Waals surface area contributed by atoms with Crippen molar-refractivity contribution in [2.75, 3.05) is 7.11 Å². The average Bonchev–Trinajstić information content (AvgIpc) is 3.25. The molecule has 0 bridgehead atoms. The van der Waals surface area contributed by atoms with Crippen LogP contribution in [-0.4, -0.2) is 41.7 Å². The highest BCUT2D eigenvalue weighted by molar-refractivity contribution is 6.01. The first-order valence-corrected chi connectivity index (χ1v) is 9.40. The van der Waals surface area contributed by atoms with Crippen molar-refractivity contribution >= 4 is 11.8 Å². The number of cyclic esters (lactones) is 1. The van der Waals surface area contributed by atoms with Crippen LogP contribution in [0.15, 0.2) is 59.8 Å². The normalized spacial score (nSPS) is 23.2. The summed E-state index contributed by atoms with van der Waals surface area (Å²) in [4.78, 5) is 20.0. The van der Waals surface area contributed by atoms with Gasteiger partial charge in [-0.2, -0.15) is 0 Å². The second kappa shape index (κ2) is 7.19. The van der Waals surface area contributed by atoms with Gasteiger partial charge < -0.3 is 14.3 Å². The molecule has 2 aliphatic rings. The maximum atomic E-state index is 12.7. The fourth-order valence-corrected chi connectivity index (χ4v) is 3.78. The van der Waals surface area contributed by atoms with Gasteiger partial charge in [-0.1, -0.05) is 35.5 Å². The molecule has 0 unspecified atom stereocenters. The van der Waals surface area contributed by atoms with E-state index in [-0.39, 0.29) is 12.1 Å². The lowest BCUT2D eigenvalue weighted by Gasteiger charge is -2.31. The Morgan fingerprint density at radius 3 is 2.54 bits per heavy atom. The Bertz CT molecular complexity index is 877. The lowest BCUT2D eigenvalue weighted by molar-refractivity contribution is -0.0285. The van der Waals surface area contributed by atoms with E-state index in [2.05, 4.69) is 17.3 Å². The standard InChI is InChI=1S/C22H24N2O4/c1-22(2)19(13-15-7-5-4-6-8-15)24(21(25)27-22)20-14-18(23-28-20)16-9-11-17(26-3)12-10-16/h4-12,19-20H,13-14H2,1-3H3/t19-,20-/m0/s1. The van der Waals surface area contributed by atoms with Gasteiger partial charge in [0.2, 0.25) is 6.23 Å². The van der Waals surface area contributed by atoms with E-state index >= 15 is 0 Å². The lowest BCUT2D eigenvalue weighted by Crippen LogP contribution is -2.48. The van der Waals surface area contributed by atoms with Crippen molar-refractivity contribution in [3.8, 4) is 5.75 Å². The molecule has 1 amide bonds. The van der Waals surface area contributed by atoms with Crippen molar-refractivity contribution in [3.63, 3.8) is 0 Å². The summed E-state index contributed by atoms with van der Waals surface area (Å²) in [6.45, 7) is 3.89. The van der Waals surface area contributed by atoms with E-state index in [1.54, 1.807) is 12.0 Å². The lowest BCUT2D eigenvalue weighted by atomic mass is 9.91. The van der Waals surface area contributed by atoms with Crippen LogP contribution in [0.1, 0.15) is 31.4 Å². The van der Waals surface area contributed by atoms with Crippen molar-refractivity contribution in [2.24, 2.45) is 5.16 Å². The SMILES string of the molecule is COc1ccc(C2=NO[C@H](N3C(=O)OC(C)(C)[C@@H]3Cc3ccccc3)C2)cc1. The van der Waals surface area contributed by atoms with E-state index < -0.39 is 11.8 Å². The molecular formula is C22H24N2O4. The largest absolute Gasteiger partial charge is 0.497 e. The first kappa shape index (κ1) is 18.3. The molecule has 0 spiro atoms. The summed E-state index contributed by atoms with van der Waals surface area (Å²) in [5.74, 6) is 0.785. The molecule has 0 aliphatic carbocycles. The molecule has 6 nitrogen and oxygen atoms in total. The maximum Gasteiger partial charge on any atom is 0.413 e. The number of benzene rings is 2. The highest BCUT2D eigenvalue weighted by Gasteiger charge is 2.52. The Hall–Kier alpha value is -3.02. The Balaban J connectivity index is 1.52. The molecule has 0 aromatic heterocycles. The van der Waals surface area contributed by atoms with Gasteiger partial charge in [-0.05, 0) is 55.7 Å². The molecule has 1 fully saturated rings. The Morgan fingerprint density at radius 1 is 1.14 bits per heavy atom. The number of ether oxygens (including phenoxy) is 2. The quantitative estimate of drug-likeness (QED) is 0.787. The third-order valence-electron chi connectivity index (χ3n) is 5.36. The number of hydrogen-bond acceptors (Lipinski definition) is 5. The molecular weight excluding hydrogens is 356 g/mol. The van der Waals surface area contributed by atoms with Crippen molar-refractivity contribution < 1.29 is 19.1 Å². The molecule has 146 valence electrons. The van der Waals surface area contributed by atoms with Crippen LogP contribution in [0.5, 0.6) is 5.75 Å². The minimum Gasteiger partial charge on any atom is -0.497 e. The van der Waals surface area contributed by atoms with Gasteiger partial charge in [0.25, 0.3) is 0 Å². The second-order valence-electron chi connectivity index (χ2n) is 7.61. The van der Waals surface area contributed by atoms with Crippen molar-refractivity contribution in [1.82, 2.24) is 4.90 Å². The Morgan fingerprint density at radius 2 is 1.86 bits per heavy atom. The van der Waals surface area contributed by atoms with Gasteiger partial charge >= 0.3 is 6.09 Å². The smallest absolute Gasteiger partial charge is 0.413 e. The molecule has 0 N–H and O–H groups in total. The third kappa shape index (κ3) is 3.42. The van der Waals surface area contributed by atoms with Crippen LogP contribution in [0.2, 0.25) is 0 Å². The summed E-state index contributed by atoms with van der Waals surface area (Å²) < 4.78 is 10.9. The zero-order valence-electron chi connectivity index (χ0n) is 16.3. The molecule has 2 atom stereocenters. The zero-order valence-corrected chi connectivity index (χ0v) is 16.3. The van der Waals surface area contributed by atoms with Crippen LogP contribution in [0.4, 0.5) is 4.79 Å². The summed E-state index contributed by atoms with van der Waals surface area (Å²) in [7, 11) is 1.63. The second-order valence-corrected chi connectivity index (χ2v) is 7.61. The number of carbonyl (C=O) groups is 1. The zero-order chi connectivity index (χ0) is 19.7. The number of amides is 1. The maximum absolute atomic E-state index is 12.7. The van der Waals surface area contributed by atoms with Crippen LogP contribution < -0.4 is 4.74 Å². The fraction of sp³-hybridized carbons (Fsp3) is 0.364. The fourth-order valence-electron chi connectivity index (χ4n) is 3.78. The molecule has 2 heterocycles. The van der Waals surface area contributed by atoms with E-state index in [9.17, 15) is 4.79 Å². The molecule has 2 aromatic carbocycles. The highest BCUT2D eigenvalue weighted by Crippen LogP contribution is 2.36. The molecule has 6 heteroatoms. The minimum absolute atomic E-state index is 0.141. The Labute approximate surface area is 164 Å². The number of methoxy groups -OCH3 is 1. The summed E-state index contributed by atoms with van der Waals surface area (Å²) in [6, 6.07) is 17.6. The monoisotopic (exact) mass is 380 g/mol. The first-order chi connectivity index (χ1) is 13.5. The molecule has 2 aliphatic heterocycles. The molecule has 28 heavy (non-hydrogen) atoms. The third-order valence-corrected chi connectivity index (χ3v) is 5.36. The molecule has 4 rings (SSSR count). The number of hydrogen-bond donors (Lipinski definition) is 0. The molecule has 1 saturated heterocycles. The van der Waals surface area contributed by atoms with Gasteiger partial charge in [-0.15, -0.1) is 0 Å². The topological polar surface area (TPSA) is 60.4 Å². The highest BCUT2D eigenvalue weighted by atomic mass is 16.7.